The largest absolute Gasteiger partial charge is 0.379 e. The van der Waals surface area contributed by atoms with E-state index in [2.05, 4.69) is 12.1 Å². The Morgan fingerprint density at radius 2 is 2.17 bits per heavy atom. The molecule has 0 radical (unpaired) electrons. The van der Waals surface area contributed by atoms with Crippen LogP contribution >= 0.6 is 0 Å². The third kappa shape index (κ3) is 2.89. The van der Waals surface area contributed by atoms with Gasteiger partial charge in [0.1, 0.15) is 5.54 Å². The number of nitrogens with zero attached hydrogens (tertiary/aromatic N) is 1. The zero-order valence-electron chi connectivity index (χ0n) is 10.8. The van der Waals surface area contributed by atoms with Gasteiger partial charge in [0, 0.05) is 20.2 Å². The van der Waals surface area contributed by atoms with Crippen molar-refractivity contribution in [2.75, 3.05) is 26.8 Å². The maximum atomic E-state index is 12.2. The van der Waals surface area contributed by atoms with Crippen molar-refractivity contribution in [1.82, 2.24) is 4.90 Å². The molecule has 4 heteroatoms. The highest BCUT2D eigenvalue weighted by Gasteiger charge is 2.39. The Hall–Kier alpha value is -1.39. The number of nitrogens with two attached hydrogens (primary N) is 1. The lowest BCUT2D eigenvalue weighted by molar-refractivity contribution is -0.135. The van der Waals surface area contributed by atoms with Crippen LogP contribution in [0.1, 0.15) is 12.0 Å². The summed E-state index contributed by atoms with van der Waals surface area (Å²) in [6, 6.07) is 10.1. The van der Waals surface area contributed by atoms with E-state index in [4.69, 9.17) is 10.5 Å². The normalized spacial score (nSPS) is 23.0. The van der Waals surface area contributed by atoms with Crippen LogP contribution in [-0.2, 0) is 16.0 Å². The molecule has 0 aromatic heterocycles. The summed E-state index contributed by atoms with van der Waals surface area (Å²) in [6.07, 6.45) is 1.46. The first kappa shape index (κ1) is 13.1. The minimum absolute atomic E-state index is 0.0177. The highest BCUT2D eigenvalue weighted by molar-refractivity contribution is 5.86. The van der Waals surface area contributed by atoms with Gasteiger partial charge < -0.3 is 15.4 Å². The van der Waals surface area contributed by atoms with Crippen LogP contribution < -0.4 is 5.73 Å². The Bertz CT molecular complexity index is 400. The van der Waals surface area contributed by atoms with Crippen LogP contribution in [0.2, 0.25) is 0 Å². The average molecular weight is 248 g/mol. The van der Waals surface area contributed by atoms with Gasteiger partial charge in [-0.25, -0.2) is 0 Å². The van der Waals surface area contributed by atoms with Crippen LogP contribution in [0, 0.1) is 0 Å². The minimum Gasteiger partial charge on any atom is -0.379 e. The summed E-state index contributed by atoms with van der Waals surface area (Å²) in [5.74, 6) is -0.0177. The van der Waals surface area contributed by atoms with E-state index in [1.54, 1.807) is 11.9 Å². The second-order valence-electron chi connectivity index (χ2n) is 4.92. The number of rotatable bonds is 4. The molecule has 0 spiro atoms. The van der Waals surface area contributed by atoms with Crippen molar-refractivity contribution in [3.63, 3.8) is 0 Å². The molecule has 1 heterocycles. The molecule has 2 N–H and O–H groups in total. The van der Waals surface area contributed by atoms with Gasteiger partial charge in [0.15, 0.2) is 0 Å². The minimum atomic E-state index is -0.814. The first-order chi connectivity index (χ1) is 8.62. The van der Waals surface area contributed by atoms with Gasteiger partial charge in [-0.2, -0.15) is 0 Å². The van der Waals surface area contributed by atoms with Crippen molar-refractivity contribution in [3.8, 4) is 0 Å². The molecular weight excluding hydrogens is 228 g/mol. The molecule has 4 nitrogen and oxygen atoms in total. The first-order valence-electron chi connectivity index (χ1n) is 6.28. The number of amides is 1. The first-order valence-corrected chi connectivity index (χ1v) is 6.28. The van der Waals surface area contributed by atoms with Gasteiger partial charge in [0.05, 0.1) is 6.61 Å². The predicted molar refractivity (Wildman–Crippen MR) is 70.1 cm³/mol. The smallest absolute Gasteiger partial charge is 0.244 e. The number of benzene rings is 1. The van der Waals surface area contributed by atoms with Gasteiger partial charge in [-0.05, 0) is 18.4 Å². The monoisotopic (exact) mass is 248 g/mol. The van der Waals surface area contributed by atoms with Gasteiger partial charge in [-0.3, -0.25) is 4.79 Å². The molecule has 1 atom stereocenters. The lowest BCUT2D eigenvalue weighted by Gasteiger charge is -2.27. The molecule has 98 valence electrons. The zero-order chi connectivity index (χ0) is 13.0. The molecule has 1 saturated heterocycles. The second kappa shape index (κ2) is 5.50. The Balaban J connectivity index is 1.88. The van der Waals surface area contributed by atoms with Gasteiger partial charge in [-0.15, -0.1) is 0 Å². The van der Waals surface area contributed by atoms with Crippen molar-refractivity contribution >= 4 is 5.91 Å². The van der Waals surface area contributed by atoms with Crippen LogP contribution in [0.15, 0.2) is 30.3 Å². The molecule has 1 aromatic rings. The molecule has 2 rings (SSSR count). The molecule has 0 aliphatic carbocycles. The van der Waals surface area contributed by atoms with Crippen molar-refractivity contribution < 1.29 is 9.53 Å². The summed E-state index contributed by atoms with van der Waals surface area (Å²) in [6.45, 7) is 1.60. The summed E-state index contributed by atoms with van der Waals surface area (Å²) in [7, 11) is 1.80. The van der Waals surface area contributed by atoms with E-state index < -0.39 is 5.54 Å². The topological polar surface area (TPSA) is 55.6 Å². The summed E-state index contributed by atoms with van der Waals surface area (Å²) < 4.78 is 5.22. The van der Waals surface area contributed by atoms with Gasteiger partial charge in [0.25, 0.3) is 0 Å². The molecule has 1 aromatic carbocycles. The summed E-state index contributed by atoms with van der Waals surface area (Å²) in [4.78, 5) is 13.9. The lowest BCUT2D eigenvalue weighted by atomic mass is 9.98. The Morgan fingerprint density at radius 3 is 2.78 bits per heavy atom. The highest BCUT2D eigenvalue weighted by atomic mass is 16.5. The summed E-state index contributed by atoms with van der Waals surface area (Å²) in [5, 5.41) is 0. The maximum absolute atomic E-state index is 12.2. The molecule has 0 saturated carbocycles. The molecule has 1 fully saturated rings. The molecule has 18 heavy (non-hydrogen) atoms. The predicted octanol–water partition coefficient (Wildman–Crippen LogP) is 0.805. The van der Waals surface area contributed by atoms with Crippen LogP contribution in [0.5, 0.6) is 0 Å². The molecule has 0 bridgehead atoms. The average Bonchev–Trinajstić information content (AvgIpc) is 2.84. The zero-order valence-corrected chi connectivity index (χ0v) is 10.8. The van der Waals surface area contributed by atoms with Crippen LogP contribution in [0.4, 0.5) is 0 Å². The Morgan fingerprint density at radius 1 is 1.44 bits per heavy atom. The highest BCUT2D eigenvalue weighted by Crippen LogP contribution is 2.18. The maximum Gasteiger partial charge on any atom is 0.244 e. The van der Waals surface area contributed by atoms with Gasteiger partial charge >= 0.3 is 0 Å². The van der Waals surface area contributed by atoms with E-state index in [0.717, 1.165) is 6.42 Å². The fourth-order valence-corrected chi connectivity index (χ4v) is 2.17. The van der Waals surface area contributed by atoms with Crippen molar-refractivity contribution in [2.45, 2.75) is 18.4 Å². The SMILES string of the molecule is CN(CCc1ccccc1)C(=O)C1(N)CCOC1. The van der Waals surface area contributed by atoms with Crippen molar-refractivity contribution in [3.05, 3.63) is 35.9 Å². The Kier molecular flexibility index (Phi) is 3.99. The van der Waals surface area contributed by atoms with E-state index in [9.17, 15) is 4.79 Å². The molecular formula is C14H20N2O2. The number of likely N-dealkylation sites (N-methyl/N-ethyl adjacent to an activating group) is 1. The quantitative estimate of drug-likeness (QED) is 0.857. The van der Waals surface area contributed by atoms with Crippen molar-refractivity contribution in [1.29, 1.82) is 0 Å². The number of carbonyl (C=O) groups excluding carboxylic acids is 1. The van der Waals surface area contributed by atoms with E-state index >= 15 is 0 Å². The summed E-state index contributed by atoms with van der Waals surface area (Å²) >= 11 is 0. The molecule has 1 aliphatic rings. The van der Waals surface area contributed by atoms with E-state index in [1.165, 1.54) is 5.56 Å². The third-order valence-corrected chi connectivity index (χ3v) is 3.40. The van der Waals surface area contributed by atoms with Crippen LogP contribution in [-0.4, -0.2) is 43.2 Å². The molecule has 1 amide bonds. The van der Waals surface area contributed by atoms with Crippen LogP contribution in [0.3, 0.4) is 0 Å². The number of ether oxygens (including phenoxy) is 1. The second-order valence-corrected chi connectivity index (χ2v) is 4.92. The standard InChI is InChI=1S/C14H20N2O2/c1-16(9-7-12-5-3-2-4-6-12)13(17)14(15)8-10-18-11-14/h2-6H,7-11,15H2,1H3. The van der Waals surface area contributed by atoms with Gasteiger partial charge in [-0.1, -0.05) is 30.3 Å². The third-order valence-electron chi connectivity index (χ3n) is 3.40. The number of carbonyl (C=O) groups is 1. The number of hydrogen-bond acceptors (Lipinski definition) is 3. The van der Waals surface area contributed by atoms with E-state index in [-0.39, 0.29) is 5.91 Å². The molecule has 1 unspecified atom stereocenters. The van der Waals surface area contributed by atoms with Gasteiger partial charge in [0.2, 0.25) is 5.91 Å². The van der Waals surface area contributed by atoms with Crippen LogP contribution in [0.25, 0.3) is 0 Å². The van der Waals surface area contributed by atoms with Crippen molar-refractivity contribution in [2.24, 2.45) is 5.73 Å². The Labute approximate surface area is 108 Å². The fraction of sp³-hybridized carbons (Fsp3) is 0.500. The summed E-state index contributed by atoms with van der Waals surface area (Å²) in [5.41, 5.74) is 6.47. The fourth-order valence-electron chi connectivity index (χ4n) is 2.17. The molecule has 1 aliphatic heterocycles. The number of hydrogen-bond donors (Lipinski definition) is 1. The van der Waals surface area contributed by atoms with E-state index in [1.807, 2.05) is 18.2 Å². The van der Waals surface area contributed by atoms with E-state index in [0.29, 0.717) is 26.2 Å². The lowest BCUT2D eigenvalue weighted by Crippen LogP contribution is -2.55.